The van der Waals surface area contributed by atoms with Crippen LogP contribution in [0.4, 0.5) is 0 Å². The summed E-state index contributed by atoms with van der Waals surface area (Å²) in [5, 5.41) is 3.45. The number of ether oxygens (including phenoxy) is 1. The number of rotatable bonds is 7. The van der Waals surface area contributed by atoms with Gasteiger partial charge in [0, 0.05) is 12.1 Å². The van der Waals surface area contributed by atoms with Crippen LogP contribution in [0, 0.1) is 12.8 Å². The zero-order valence-corrected chi connectivity index (χ0v) is 12.0. The number of nitrogens with one attached hydrogen (secondary N) is 1. The van der Waals surface area contributed by atoms with E-state index in [1.807, 2.05) is 19.1 Å². The summed E-state index contributed by atoms with van der Waals surface area (Å²) in [6.45, 7) is 14.1. The van der Waals surface area contributed by atoms with Gasteiger partial charge in [-0.1, -0.05) is 44.2 Å². The Morgan fingerprint density at radius 1 is 1.33 bits per heavy atom. The fourth-order valence-corrected chi connectivity index (χ4v) is 1.71. The minimum Gasteiger partial charge on any atom is -0.486 e. The second-order valence-electron chi connectivity index (χ2n) is 5.19. The molecule has 1 aromatic carbocycles. The summed E-state index contributed by atoms with van der Waals surface area (Å²) < 4.78 is 5.85. The first kappa shape index (κ1) is 14.8. The summed E-state index contributed by atoms with van der Waals surface area (Å²) in [7, 11) is 0. The van der Waals surface area contributed by atoms with Gasteiger partial charge in [0.25, 0.3) is 0 Å². The van der Waals surface area contributed by atoms with E-state index in [2.05, 4.69) is 44.8 Å². The third kappa shape index (κ3) is 4.92. The maximum atomic E-state index is 5.85. The largest absolute Gasteiger partial charge is 0.486 e. The highest BCUT2D eigenvalue weighted by Crippen LogP contribution is 2.21. The van der Waals surface area contributed by atoms with Crippen molar-refractivity contribution in [1.82, 2.24) is 5.32 Å². The van der Waals surface area contributed by atoms with Gasteiger partial charge in [0.15, 0.2) is 0 Å². The van der Waals surface area contributed by atoms with Crippen LogP contribution in [-0.2, 0) is 6.54 Å². The fourth-order valence-electron chi connectivity index (χ4n) is 1.71. The van der Waals surface area contributed by atoms with E-state index in [9.17, 15) is 0 Å². The lowest BCUT2D eigenvalue weighted by Gasteiger charge is -2.16. The third-order valence-electron chi connectivity index (χ3n) is 2.73. The number of hydrogen-bond donors (Lipinski definition) is 1. The molecule has 1 rings (SSSR count). The van der Waals surface area contributed by atoms with Gasteiger partial charge >= 0.3 is 0 Å². The van der Waals surface area contributed by atoms with E-state index in [1.165, 1.54) is 11.1 Å². The molecule has 1 aromatic rings. The Bertz CT molecular complexity index is 385. The van der Waals surface area contributed by atoms with Crippen LogP contribution < -0.4 is 10.1 Å². The third-order valence-corrected chi connectivity index (χ3v) is 2.73. The molecule has 0 aliphatic carbocycles. The molecule has 100 valence electrons. The predicted octanol–water partition coefficient (Wildman–Crippen LogP) is 3.69. The molecule has 1 atom stereocenters. The second kappa shape index (κ2) is 7.22. The summed E-state index contributed by atoms with van der Waals surface area (Å²) in [4.78, 5) is 0. The number of hydrogen-bond acceptors (Lipinski definition) is 2. The Morgan fingerprint density at radius 2 is 2.06 bits per heavy atom. The van der Waals surface area contributed by atoms with Gasteiger partial charge in [-0.05, 0) is 32.4 Å². The average Bonchev–Trinajstić information content (AvgIpc) is 2.31. The van der Waals surface area contributed by atoms with Crippen LogP contribution in [0.1, 0.15) is 31.9 Å². The van der Waals surface area contributed by atoms with Crippen molar-refractivity contribution in [3.8, 4) is 5.75 Å². The van der Waals surface area contributed by atoms with Gasteiger partial charge in [0.05, 0.1) is 0 Å². The standard InChI is InChI=1S/C16H25NO/c1-6-14(5)18-16-8-7-13(4)9-15(16)11-17-10-12(2)3/h6-9,12,14,17H,1,10-11H2,2-5H3. The Morgan fingerprint density at radius 3 is 2.67 bits per heavy atom. The van der Waals surface area contributed by atoms with E-state index in [-0.39, 0.29) is 6.10 Å². The maximum Gasteiger partial charge on any atom is 0.124 e. The molecule has 18 heavy (non-hydrogen) atoms. The van der Waals surface area contributed by atoms with Crippen LogP contribution in [0.15, 0.2) is 30.9 Å². The van der Waals surface area contributed by atoms with E-state index in [0.717, 1.165) is 18.8 Å². The first-order chi connectivity index (χ1) is 8.52. The Labute approximate surface area is 111 Å². The first-order valence-electron chi connectivity index (χ1n) is 6.62. The summed E-state index contributed by atoms with van der Waals surface area (Å²) in [5.41, 5.74) is 2.47. The summed E-state index contributed by atoms with van der Waals surface area (Å²) in [6.07, 6.45) is 1.85. The molecule has 0 bridgehead atoms. The molecule has 0 fully saturated rings. The summed E-state index contributed by atoms with van der Waals surface area (Å²) in [5.74, 6) is 1.61. The van der Waals surface area contributed by atoms with E-state index in [4.69, 9.17) is 4.74 Å². The van der Waals surface area contributed by atoms with Crippen molar-refractivity contribution in [3.05, 3.63) is 42.0 Å². The van der Waals surface area contributed by atoms with Gasteiger partial charge in [-0.2, -0.15) is 0 Å². The minimum absolute atomic E-state index is 0.0385. The number of aryl methyl sites for hydroxylation is 1. The first-order valence-corrected chi connectivity index (χ1v) is 6.62. The molecule has 1 N–H and O–H groups in total. The van der Waals surface area contributed by atoms with Crippen molar-refractivity contribution in [3.63, 3.8) is 0 Å². The van der Waals surface area contributed by atoms with Crippen molar-refractivity contribution in [1.29, 1.82) is 0 Å². The number of benzene rings is 1. The van der Waals surface area contributed by atoms with Crippen LogP contribution in [0.5, 0.6) is 5.75 Å². The topological polar surface area (TPSA) is 21.3 Å². The summed E-state index contributed by atoms with van der Waals surface area (Å²) >= 11 is 0. The van der Waals surface area contributed by atoms with Gasteiger partial charge in [-0.3, -0.25) is 0 Å². The van der Waals surface area contributed by atoms with Gasteiger partial charge < -0.3 is 10.1 Å². The van der Waals surface area contributed by atoms with E-state index in [0.29, 0.717) is 5.92 Å². The molecule has 0 radical (unpaired) electrons. The molecule has 0 saturated heterocycles. The quantitative estimate of drug-likeness (QED) is 0.742. The van der Waals surface area contributed by atoms with Crippen molar-refractivity contribution in [2.45, 2.75) is 40.3 Å². The van der Waals surface area contributed by atoms with Gasteiger partial charge in [0.1, 0.15) is 11.9 Å². The van der Waals surface area contributed by atoms with E-state index < -0.39 is 0 Å². The monoisotopic (exact) mass is 247 g/mol. The molecule has 0 heterocycles. The molecular formula is C16H25NO. The van der Waals surface area contributed by atoms with Crippen LogP contribution in [-0.4, -0.2) is 12.6 Å². The fraction of sp³-hybridized carbons (Fsp3) is 0.500. The lowest BCUT2D eigenvalue weighted by atomic mass is 10.1. The van der Waals surface area contributed by atoms with Gasteiger partial charge in [-0.15, -0.1) is 0 Å². The normalized spacial score (nSPS) is 12.5. The Kier molecular flexibility index (Phi) is 5.93. The van der Waals surface area contributed by atoms with Crippen LogP contribution in [0.2, 0.25) is 0 Å². The molecule has 0 saturated carbocycles. The highest BCUT2D eigenvalue weighted by atomic mass is 16.5. The Balaban J connectivity index is 2.73. The molecular weight excluding hydrogens is 222 g/mol. The van der Waals surface area contributed by atoms with Crippen molar-refractivity contribution < 1.29 is 4.74 Å². The van der Waals surface area contributed by atoms with Gasteiger partial charge in [-0.25, -0.2) is 0 Å². The van der Waals surface area contributed by atoms with Gasteiger partial charge in [0.2, 0.25) is 0 Å². The lowest BCUT2D eigenvalue weighted by molar-refractivity contribution is 0.266. The van der Waals surface area contributed by atoms with E-state index in [1.54, 1.807) is 0 Å². The highest BCUT2D eigenvalue weighted by molar-refractivity contribution is 5.37. The van der Waals surface area contributed by atoms with Crippen molar-refractivity contribution in [2.75, 3.05) is 6.54 Å². The zero-order chi connectivity index (χ0) is 13.5. The predicted molar refractivity (Wildman–Crippen MR) is 78.0 cm³/mol. The molecule has 0 aromatic heterocycles. The Hall–Kier alpha value is -1.28. The highest BCUT2D eigenvalue weighted by Gasteiger charge is 2.06. The molecule has 2 nitrogen and oxygen atoms in total. The van der Waals surface area contributed by atoms with Crippen molar-refractivity contribution >= 4 is 0 Å². The second-order valence-corrected chi connectivity index (χ2v) is 5.19. The molecule has 0 amide bonds. The molecule has 0 aliphatic heterocycles. The molecule has 1 unspecified atom stereocenters. The van der Waals surface area contributed by atoms with E-state index >= 15 is 0 Å². The molecule has 2 heteroatoms. The molecule has 0 aliphatic rings. The average molecular weight is 247 g/mol. The lowest BCUT2D eigenvalue weighted by Crippen LogP contribution is -2.20. The molecule has 0 spiro atoms. The maximum absolute atomic E-state index is 5.85. The SMILES string of the molecule is C=CC(C)Oc1ccc(C)cc1CNCC(C)C. The van der Waals surface area contributed by atoms with Crippen LogP contribution in [0.3, 0.4) is 0 Å². The zero-order valence-electron chi connectivity index (χ0n) is 12.0. The summed E-state index contributed by atoms with van der Waals surface area (Å²) in [6, 6.07) is 6.30. The van der Waals surface area contributed by atoms with Crippen molar-refractivity contribution in [2.24, 2.45) is 5.92 Å². The minimum atomic E-state index is 0.0385. The van der Waals surface area contributed by atoms with Crippen LogP contribution >= 0.6 is 0 Å². The van der Waals surface area contributed by atoms with Crippen LogP contribution in [0.25, 0.3) is 0 Å². The smallest absolute Gasteiger partial charge is 0.124 e.